The van der Waals surface area contributed by atoms with Crippen LogP contribution in [0.2, 0.25) is 0 Å². The van der Waals surface area contributed by atoms with Gasteiger partial charge in [0.1, 0.15) is 24.6 Å². The maximum absolute atomic E-state index is 12.0. The molecule has 0 aliphatic carbocycles. The SMILES string of the molecule is CC(=O)OCC1OC(OCCCCC(=O)C(C)(C)C)C(C)C(C)C1OC(C)=O. The molecule has 1 heterocycles. The molecule has 0 aromatic carbocycles. The van der Waals surface area contributed by atoms with E-state index in [0.717, 1.165) is 12.8 Å². The van der Waals surface area contributed by atoms with Gasteiger partial charge in [-0.25, -0.2) is 0 Å². The number of carbonyl (C=O) groups excluding carboxylic acids is 3. The van der Waals surface area contributed by atoms with Crippen molar-refractivity contribution < 1.29 is 33.3 Å². The number of hydrogen-bond acceptors (Lipinski definition) is 7. The predicted molar refractivity (Wildman–Crippen MR) is 103 cm³/mol. The third-order valence-electron chi connectivity index (χ3n) is 5.12. The van der Waals surface area contributed by atoms with Crippen LogP contribution in [0.5, 0.6) is 0 Å². The minimum absolute atomic E-state index is 0.00425. The summed E-state index contributed by atoms with van der Waals surface area (Å²) in [6.45, 7) is 12.9. The number of carbonyl (C=O) groups is 3. The van der Waals surface area contributed by atoms with Gasteiger partial charge in [0.2, 0.25) is 0 Å². The zero-order valence-electron chi connectivity index (χ0n) is 18.3. The molecule has 1 rings (SSSR count). The van der Waals surface area contributed by atoms with E-state index in [9.17, 15) is 14.4 Å². The molecule has 0 saturated carbocycles. The van der Waals surface area contributed by atoms with Crippen LogP contribution in [0, 0.1) is 17.3 Å². The first-order valence-corrected chi connectivity index (χ1v) is 10.0. The van der Waals surface area contributed by atoms with Gasteiger partial charge in [-0.3, -0.25) is 14.4 Å². The average molecular weight is 401 g/mol. The van der Waals surface area contributed by atoms with Crippen LogP contribution in [0.25, 0.3) is 0 Å². The van der Waals surface area contributed by atoms with Gasteiger partial charge in [0.15, 0.2) is 6.29 Å². The van der Waals surface area contributed by atoms with Crippen molar-refractivity contribution >= 4 is 17.7 Å². The van der Waals surface area contributed by atoms with Gasteiger partial charge in [-0.05, 0) is 12.8 Å². The Kier molecular flexibility index (Phi) is 9.57. The van der Waals surface area contributed by atoms with Crippen LogP contribution < -0.4 is 0 Å². The second-order valence-electron chi connectivity index (χ2n) is 8.64. The fourth-order valence-electron chi connectivity index (χ4n) is 3.12. The first kappa shape index (κ1) is 24.6. The number of unbranched alkanes of at least 4 members (excludes halogenated alkanes) is 1. The Balaban J connectivity index is 2.58. The highest BCUT2D eigenvalue weighted by Crippen LogP contribution is 2.33. The zero-order valence-corrected chi connectivity index (χ0v) is 18.3. The summed E-state index contributed by atoms with van der Waals surface area (Å²) in [5.74, 6) is -0.602. The first-order chi connectivity index (χ1) is 12.9. The Bertz CT molecular complexity index is 537. The minimum Gasteiger partial charge on any atom is -0.463 e. The van der Waals surface area contributed by atoms with Crippen LogP contribution >= 0.6 is 0 Å². The van der Waals surface area contributed by atoms with Crippen molar-refractivity contribution in [2.75, 3.05) is 13.2 Å². The standard InChI is InChI=1S/C21H36O7/c1-13-14(2)20(25-11-9-8-10-18(24)21(5,6)7)28-17(12-26-15(3)22)19(13)27-16(4)23/h13-14,17,19-20H,8-12H2,1-7H3. The van der Waals surface area contributed by atoms with Crippen molar-refractivity contribution in [3.63, 3.8) is 0 Å². The fraction of sp³-hybridized carbons (Fsp3) is 0.857. The quantitative estimate of drug-likeness (QED) is 0.433. The maximum atomic E-state index is 12.0. The lowest BCUT2D eigenvalue weighted by atomic mass is 9.84. The molecule has 1 aliphatic heterocycles. The topological polar surface area (TPSA) is 88.1 Å². The van der Waals surface area contributed by atoms with Gasteiger partial charge in [-0.2, -0.15) is 0 Å². The van der Waals surface area contributed by atoms with Crippen molar-refractivity contribution in [3.8, 4) is 0 Å². The highest BCUT2D eigenvalue weighted by atomic mass is 16.7. The van der Waals surface area contributed by atoms with Crippen molar-refractivity contribution in [1.82, 2.24) is 0 Å². The van der Waals surface area contributed by atoms with Gasteiger partial charge in [0.25, 0.3) is 0 Å². The smallest absolute Gasteiger partial charge is 0.303 e. The lowest BCUT2D eigenvalue weighted by Crippen LogP contribution is -2.53. The molecule has 5 unspecified atom stereocenters. The normalized spacial score (nSPS) is 27.9. The van der Waals surface area contributed by atoms with E-state index in [1.165, 1.54) is 13.8 Å². The van der Waals surface area contributed by atoms with E-state index in [-0.39, 0.29) is 29.6 Å². The Labute approximate surface area is 168 Å². The first-order valence-electron chi connectivity index (χ1n) is 10.0. The summed E-state index contributed by atoms with van der Waals surface area (Å²) in [7, 11) is 0. The van der Waals surface area contributed by atoms with E-state index in [1.807, 2.05) is 34.6 Å². The molecule has 0 radical (unpaired) electrons. The Morgan fingerprint density at radius 1 is 0.964 bits per heavy atom. The van der Waals surface area contributed by atoms with Gasteiger partial charge in [-0.15, -0.1) is 0 Å². The van der Waals surface area contributed by atoms with Gasteiger partial charge in [-0.1, -0.05) is 34.6 Å². The van der Waals surface area contributed by atoms with Crippen molar-refractivity contribution in [2.45, 2.75) is 86.2 Å². The summed E-state index contributed by atoms with van der Waals surface area (Å²) >= 11 is 0. The molecule has 28 heavy (non-hydrogen) atoms. The molecular weight excluding hydrogens is 364 g/mol. The van der Waals surface area contributed by atoms with E-state index in [2.05, 4.69) is 0 Å². The van der Waals surface area contributed by atoms with E-state index >= 15 is 0 Å². The highest BCUT2D eigenvalue weighted by Gasteiger charge is 2.44. The Hall–Kier alpha value is -1.47. The summed E-state index contributed by atoms with van der Waals surface area (Å²) in [6.07, 6.45) is 0.488. The van der Waals surface area contributed by atoms with Crippen LogP contribution in [0.15, 0.2) is 0 Å². The average Bonchev–Trinajstić information content (AvgIpc) is 2.57. The number of esters is 2. The number of Topliss-reactive ketones (excluding diaryl/α,β-unsaturated/α-hetero) is 1. The molecular formula is C21H36O7. The van der Waals surface area contributed by atoms with Gasteiger partial charge < -0.3 is 18.9 Å². The molecule has 1 saturated heterocycles. The third-order valence-corrected chi connectivity index (χ3v) is 5.12. The second kappa shape index (κ2) is 10.9. The molecule has 162 valence electrons. The summed E-state index contributed by atoms with van der Waals surface area (Å²) in [4.78, 5) is 34.6. The van der Waals surface area contributed by atoms with E-state index in [4.69, 9.17) is 18.9 Å². The Morgan fingerprint density at radius 2 is 1.61 bits per heavy atom. The number of hydrogen-bond donors (Lipinski definition) is 0. The number of ether oxygens (including phenoxy) is 4. The van der Waals surface area contributed by atoms with Gasteiger partial charge in [0, 0.05) is 44.1 Å². The molecule has 0 N–H and O–H groups in total. The molecule has 1 fully saturated rings. The lowest BCUT2D eigenvalue weighted by molar-refractivity contribution is -0.273. The van der Waals surface area contributed by atoms with E-state index < -0.39 is 30.4 Å². The van der Waals surface area contributed by atoms with Crippen LogP contribution in [0.1, 0.15) is 67.7 Å². The third kappa shape index (κ3) is 7.87. The monoisotopic (exact) mass is 400 g/mol. The van der Waals surface area contributed by atoms with Crippen LogP contribution in [-0.2, 0) is 33.3 Å². The largest absolute Gasteiger partial charge is 0.463 e. The molecule has 0 aromatic heterocycles. The minimum atomic E-state index is -0.577. The van der Waals surface area contributed by atoms with Crippen LogP contribution in [0.3, 0.4) is 0 Å². The second-order valence-corrected chi connectivity index (χ2v) is 8.64. The molecule has 7 nitrogen and oxygen atoms in total. The fourth-order valence-corrected chi connectivity index (χ4v) is 3.12. The van der Waals surface area contributed by atoms with Crippen molar-refractivity contribution in [1.29, 1.82) is 0 Å². The molecule has 0 spiro atoms. The summed E-state index contributed by atoms with van der Waals surface area (Å²) in [5.41, 5.74) is -0.313. The molecule has 0 amide bonds. The van der Waals surface area contributed by atoms with Gasteiger partial charge in [0.05, 0.1) is 0 Å². The summed E-state index contributed by atoms with van der Waals surface area (Å²) in [5, 5.41) is 0. The number of rotatable bonds is 9. The molecule has 1 aliphatic rings. The van der Waals surface area contributed by atoms with E-state index in [0.29, 0.717) is 13.0 Å². The predicted octanol–water partition coefficient (Wildman–Crippen LogP) is 3.28. The van der Waals surface area contributed by atoms with E-state index in [1.54, 1.807) is 0 Å². The molecule has 0 aromatic rings. The lowest BCUT2D eigenvalue weighted by Gasteiger charge is -2.43. The van der Waals surface area contributed by atoms with Crippen molar-refractivity contribution in [2.24, 2.45) is 17.3 Å². The molecule has 0 bridgehead atoms. The van der Waals surface area contributed by atoms with Crippen LogP contribution in [-0.4, -0.2) is 49.4 Å². The molecule has 7 heteroatoms. The zero-order chi connectivity index (χ0) is 21.5. The van der Waals surface area contributed by atoms with Gasteiger partial charge >= 0.3 is 11.9 Å². The highest BCUT2D eigenvalue weighted by molar-refractivity contribution is 5.83. The summed E-state index contributed by atoms with van der Waals surface area (Å²) in [6, 6.07) is 0. The summed E-state index contributed by atoms with van der Waals surface area (Å²) < 4.78 is 22.4. The van der Waals surface area contributed by atoms with Crippen molar-refractivity contribution in [3.05, 3.63) is 0 Å². The maximum Gasteiger partial charge on any atom is 0.303 e. The Morgan fingerprint density at radius 3 is 2.14 bits per heavy atom. The molecule has 5 atom stereocenters. The number of ketones is 1. The van der Waals surface area contributed by atoms with Crippen LogP contribution in [0.4, 0.5) is 0 Å².